The molecule has 0 saturated heterocycles. The Morgan fingerprint density at radius 2 is 1.93 bits per heavy atom. The lowest BCUT2D eigenvalue weighted by atomic mass is 10.0. The van der Waals surface area contributed by atoms with E-state index in [-0.39, 0.29) is 29.1 Å². The number of aromatic nitrogens is 3. The van der Waals surface area contributed by atoms with Crippen molar-refractivity contribution in [2.75, 3.05) is 11.6 Å². The maximum Gasteiger partial charge on any atom is 0.230 e. The minimum absolute atomic E-state index is 0.0570. The third kappa shape index (κ3) is 4.51. The minimum Gasteiger partial charge on any atom is -0.349 e. The summed E-state index contributed by atoms with van der Waals surface area (Å²) >= 11 is 1.16. The zero-order valence-corrected chi connectivity index (χ0v) is 16.5. The number of hydrogen-bond acceptors (Lipinski definition) is 5. The Hall–Kier alpha value is -2.87. The molecule has 6 nitrogen and oxygen atoms in total. The molecule has 146 valence electrons. The van der Waals surface area contributed by atoms with Gasteiger partial charge in [0, 0.05) is 0 Å². The first-order valence-electron chi connectivity index (χ1n) is 8.93. The van der Waals surface area contributed by atoms with Crippen molar-refractivity contribution in [3.63, 3.8) is 0 Å². The number of amides is 1. The van der Waals surface area contributed by atoms with Crippen molar-refractivity contribution in [1.29, 1.82) is 0 Å². The summed E-state index contributed by atoms with van der Waals surface area (Å²) in [6.07, 6.45) is 0.782. The van der Waals surface area contributed by atoms with Crippen molar-refractivity contribution >= 4 is 17.7 Å². The second-order valence-electron chi connectivity index (χ2n) is 6.38. The molecular formula is C20H22FN5OS. The summed E-state index contributed by atoms with van der Waals surface area (Å²) in [5, 5.41) is 11.3. The Labute approximate surface area is 167 Å². The fourth-order valence-corrected chi connectivity index (χ4v) is 3.46. The second-order valence-corrected chi connectivity index (χ2v) is 7.33. The summed E-state index contributed by atoms with van der Waals surface area (Å²) in [7, 11) is 0. The van der Waals surface area contributed by atoms with Crippen molar-refractivity contribution in [2.24, 2.45) is 0 Å². The van der Waals surface area contributed by atoms with Gasteiger partial charge in [-0.2, -0.15) is 0 Å². The number of thioether (sulfide) groups is 1. The van der Waals surface area contributed by atoms with Crippen LogP contribution in [0.4, 0.5) is 4.39 Å². The van der Waals surface area contributed by atoms with Crippen LogP contribution in [-0.4, -0.2) is 26.5 Å². The molecule has 0 bridgehead atoms. The summed E-state index contributed by atoms with van der Waals surface area (Å²) in [6.45, 7) is 4.05. The number of carbonyl (C=O) groups is 1. The first-order valence-corrected chi connectivity index (χ1v) is 9.92. The van der Waals surface area contributed by atoms with Gasteiger partial charge in [-0.1, -0.05) is 60.6 Å². The van der Waals surface area contributed by atoms with E-state index in [1.54, 1.807) is 18.2 Å². The summed E-state index contributed by atoms with van der Waals surface area (Å²) < 4.78 is 15.1. The van der Waals surface area contributed by atoms with Gasteiger partial charge in [0.15, 0.2) is 5.82 Å². The van der Waals surface area contributed by atoms with E-state index in [9.17, 15) is 9.18 Å². The van der Waals surface area contributed by atoms with Crippen molar-refractivity contribution in [3.8, 4) is 11.4 Å². The molecule has 0 radical (unpaired) electrons. The van der Waals surface area contributed by atoms with E-state index in [0.29, 0.717) is 5.16 Å². The summed E-state index contributed by atoms with van der Waals surface area (Å²) in [6, 6.07) is 14.2. The Bertz CT molecular complexity index is 957. The lowest BCUT2D eigenvalue weighted by molar-refractivity contribution is -0.119. The zero-order valence-electron chi connectivity index (χ0n) is 15.7. The third-order valence-corrected chi connectivity index (χ3v) is 5.28. The number of nitrogen functional groups attached to an aromatic ring is 1. The number of hydrogen-bond donors (Lipinski definition) is 2. The van der Waals surface area contributed by atoms with Crippen LogP contribution in [0.25, 0.3) is 11.4 Å². The molecule has 0 saturated carbocycles. The van der Waals surface area contributed by atoms with E-state index in [1.165, 1.54) is 16.3 Å². The summed E-state index contributed by atoms with van der Waals surface area (Å²) in [5.41, 5.74) is 2.50. The number of halogens is 1. The highest BCUT2D eigenvalue weighted by atomic mass is 32.2. The quantitative estimate of drug-likeness (QED) is 0.469. The number of benzene rings is 2. The SMILES string of the molecule is CC[C@@H](NC(=O)CSc1nnc(-c2ccccc2F)n1N)c1ccc(C)cc1. The van der Waals surface area contributed by atoms with Crippen molar-refractivity contribution in [3.05, 3.63) is 65.5 Å². The van der Waals surface area contributed by atoms with Crippen LogP contribution in [0.5, 0.6) is 0 Å². The first-order chi connectivity index (χ1) is 13.5. The van der Waals surface area contributed by atoms with Gasteiger partial charge in [-0.25, -0.2) is 9.07 Å². The first kappa shape index (κ1) is 19.9. The molecule has 0 aliphatic rings. The van der Waals surface area contributed by atoms with Crippen LogP contribution >= 0.6 is 11.8 Å². The molecule has 3 aromatic rings. The normalized spacial score (nSPS) is 12.0. The summed E-state index contributed by atoms with van der Waals surface area (Å²) in [5.74, 6) is 5.78. The molecule has 0 spiro atoms. The van der Waals surface area contributed by atoms with Crippen LogP contribution in [0.1, 0.15) is 30.5 Å². The average Bonchev–Trinajstić information content (AvgIpc) is 3.06. The van der Waals surface area contributed by atoms with Crippen LogP contribution in [0.15, 0.2) is 53.7 Å². The maximum absolute atomic E-state index is 13.9. The molecule has 3 rings (SSSR count). The van der Waals surface area contributed by atoms with Crippen molar-refractivity contribution < 1.29 is 9.18 Å². The van der Waals surface area contributed by atoms with Crippen LogP contribution in [-0.2, 0) is 4.79 Å². The fourth-order valence-electron chi connectivity index (χ4n) is 2.79. The van der Waals surface area contributed by atoms with E-state index in [4.69, 9.17) is 5.84 Å². The number of nitrogens with zero attached hydrogens (tertiary/aromatic N) is 3. The number of nitrogens with two attached hydrogens (primary N) is 1. The topological polar surface area (TPSA) is 85.8 Å². The summed E-state index contributed by atoms with van der Waals surface area (Å²) in [4.78, 5) is 12.4. The van der Waals surface area contributed by atoms with Crippen LogP contribution in [0.3, 0.4) is 0 Å². The Balaban J connectivity index is 1.63. The van der Waals surface area contributed by atoms with Crippen molar-refractivity contribution in [2.45, 2.75) is 31.5 Å². The van der Waals surface area contributed by atoms with Gasteiger partial charge in [0.1, 0.15) is 5.82 Å². The number of aryl methyl sites for hydroxylation is 1. The molecule has 0 aliphatic heterocycles. The molecule has 0 aliphatic carbocycles. The molecule has 2 aromatic carbocycles. The zero-order chi connectivity index (χ0) is 20.1. The van der Waals surface area contributed by atoms with Gasteiger partial charge in [0.25, 0.3) is 0 Å². The average molecular weight is 399 g/mol. The lowest BCUT2D eigenvalue weighted by Crippen LogP contribution is -2.29. The van der Waals surface area contributed by atoms with Gasteiger partial charge >= 0.3 is 0 Å². The molecule has 28 heavy (non-hydrogen) atoms. The highest BCUT2D eigenvalue weighted by molar-refractivity contribution is 7.99. The molecule has 1 aromatic heterocycles. The number of rotatable bonds is 7. The van der Waals surface area contributed by atoms with Crippen LogP contribution in [0, 0.1) is 12.7 Å². The van der Waals surface area contributed by atoms with Gasteiger partial charge < -0.3 is 11.2 Å². The monoisotopic (exact) mass is 399 g/mol. The Morgan fingerprint density at radius 3 is 2.61 bits per heavy atom. The predicted octanol–water partition coefficient (Wildman–Crippen LogP) is 3.47. The highest BCUT2D eigenvalue weighted by Crippen LogP contribution is 2.24. The van der Waals surface area contributed by atoms with E-state index in [1.807, 2.05) is 38.1 Å². The van der Waals surface area contributed by atoms with E-state index < -0.39 is 5.82 Å². The van der Waals surface area contributed by atoms with E-state index in [2.05, 4.69) is 15.5 Å². The maximum atomic E-state index is 13.9. The second kappa shape index (κ2) is 8.88. The smallest absolute Gasteiger partial charge is 0.230 e. The Morgan fingerprint density at radius 1 is 1.21 bits per heavy atom. The third-order valence-electron chi connectivity index (χ3n) is 4.33. The molecule has 0 fully saturated rings. The van der Waals surface area contributed by atoms with Gasteiger partial charge in [-0.3, -0.25) is 4.79 Å². The largest absolute Gasteiger partial charge is 0.349 e. The number of carbonyl (C=O) groups excluding carboxylic acids is 1. The van der Waals surface area contributed by atoms with E-state index >= 15 is 0 Å². The van der Waals surface area contributed by atoms with Crippen LogP contribution in [0.2, 0.25) is 0 Å². The molecule has 1 amide bonds. The lowest BCUT2D eigenvalue weighted by Gasteiger charge is -2.17. The Kier molecular flexibility index (Phi) is 6.30. The predicted molar refractivity (Wildman–Crippen MR) is 109 cm³/mol. The highest BCUT2D eigenvalue weighted by Gasteiger charge is 2.17. The molecular weight excluding hydrogens is 377 g/mol. The fraction of sp³-hybridized carbons (Fsp3) is 0.250. The molecule has 3 N–H and O–H groups in total. The molecule has 1 heterocycles. The standard InChI is InChI=1S/C20H22FN5OS/c1-3-17(14-10-8-13(2)9-11-14)23-18(27)12-28-20-25-24-19(26(20)22)15-6-4-5-7-16(15)21/h4-11,17H,3,12,22H2,1-2H3,(H,23,27)/t17-/m1/s1. The van der Waals surface area contributed by atoms with Crippen LogP contribution < -0.4 is 11.2 Å². The molecule has 1 atom stereocenters. The van der Waals surface area contributed by atoms with Gasteiger partial charge in [-0.15, -0.1) is 10.2 Å². The van der Waals surface area contributed by atoms with Gasteiger partial charge in [0.2, 0.25) is 11.1 Å². The molecule has 8 heteroatoms. The number of nitrogens with one attached hydrogen (secondary N) is 1. The van der Waals surface area contributed by atoms with Gasteiger partial charge in [0.05, 0.1) is 17.4 Å². The van der Waals surface area contributed by atoms with Gasteiger partial charge in [-0.05, 0) is 31.0 Å². The van der Waals surface area contributed by atoms with Crippen molar-refractivity contribution in [1.82, 2.24) is 20.2 Å². The molecule has 0 unspecified atom stereocenters. The van der Waals surface area contributed by atoms with E-state index in [0.717, 1.165) is 23.7 Å². The minimum atomic E-state index is -0.431.